The first-order valence-electron chi connectivity index (χ1n) is 6.30. The number of pyridine rings is 1. The molecule has 0 atom stereocenters. The zero-order chi connectivity index (χ0) is 13.9. The highest BCUT2D eigenvalue weighted by Crippen LogP contribution is 2.23. The van der Waals surface area contributed by atoms with Crippen LogP contribution in [0.15, 0.2) is 53.6 Å². The van der Waals surface area contributed by atoms with Gasteiger partial charge in [0, 0.05) is 10.3 Å². The van der Waals surface area contributed by atoms with E-state index in [2.05, 4.69) is 4.98 Å². The Morgan fingerprint density at radius 1 is 1.15 bits per heavy atom. The Bertz CT molecular complexity index is 764. The predicted octanol–water partition coefficient (Wildman–Crippen LogP) is 4.58. The molecule has 1 aromatic carbocycles. The van der Waals surface area contributed by atoms with Crippen molar-refractivity contribution in [1.29, 1.82) is 0 Å². The van der Waals surface area contributed by atoms with Gasteiger partial charge in [-0.15, -0.1) is 11.3 Å². The van der Waals surface area contributed by atoms with Crippen LogP contribution in [0.5, 0.6) is 0 Å². The Morgan fingerprint density at radius 3 is 2.80 bits per heavy atom. The molecule has 0 saturated heterocycles. The summed E-state index contributed by atoms with van der Waals surface area (Å²) in [4.78, 5) is 18.6. The fourth-order valence-electron chi connectivity index (χ4n) is 1.92. The molecule has 0 N–H and O–H groups in total. The molecule has 0 radical (unpaired) electrons. The first-order valence-corrected chi connectivity index (χ1v) is 8.11. The topological polar surface area (TPSA) is 30.0 Å². The van der Waals surface area contributed by atoms with Crippen molar-refractivity contribution in [2.45, 2.75) is 11.9 Å². The van der Waals surface area contributed by atoms with Crippen LogP contribution in [0.3, 0.4) is 0 Å². The second kappa shape index (κ2) is 5.77. The van der Waals surface area contributed by atoms with Gasteiger partial charge >= 0.3 is 0 Å². The standard InChI is InChI=1S/C16H13NOS2/c1-11-6-8-15(20-11)14(18)10-19-16-9-7-12-4-2-3-5-13(12)17-16/h2-9H,10H2,1H3. The molecule has 0 aliphatic heterocycles. The third kappa shape index (κ3) is 2.92. The van der Waals surface area contributed by atoms with E-state index in [1.165, 1.54) is 16.6 Å². The number of nitrogens with zero attached hydrogens (tertiary/aromatic N) is 1. The van der Waals surface area contributed by atoms with Gasteiger partial charge in [0.25, 0.3) is 0 Å². The summed E-state index contributed by atoms with van der Waals surface area (Å²) >= 11 is 3.04. The molecular weight excluding hydrogens is 286 g/mol. The second-order valence-corrected chi connectivity index (χ2v) is 6.75. The van der Waals surface area contributed by atoms with E-state index in [-0.39, 0.29) is 5.78 Å². The van der Waals surface area contributed by atoms with Crippen molar-refractivity contribution in [3.63, 3.8) is 0 Å². The molecule has 0 fully saturated rings. The number of aryl methyl sites for hydroxylation is 1. The van der Waals surface area contributed by atoms with E-state index >= 15 is 0 Å². The lowest BCUT2D eigenvalue weighted by Gasteiger charge is -2.02. The van der Waals surface area contributed by atoms with Gasteiger partial charge in [-0.1, -0.05) is 36.0 Å². The minimum Gasteiger partial charge on any atom is -0.292 e. The first kappa shape index (κ1) is 13.3. The Kier molecular flexibility index (Phi) is 3.85. The Hall–Kier alpha value is -1.65. The summed E-state index contributed by atoms with van der Waals surface area (Å²) in [6, 6.07) is 15.9. The van der Waals surface area contributed by atoms with Gasteiger partial charge in [0.1, 0.15) is 0 Å². The third-order valence-electron chi connectivity index (χ3n) is 2.94. The largest absolute Gasteiger partial charge is 0.292 e. The van der Waals surface area contributed by atoms with Gasteiger partial charge in [-0.25, -0.2) is 4.98 Å². The van der Waals surface area contributed by atoms with Crippen LogP contribution in [-0.2, 0) is 0 Å². The number of hydrogen-bond donors (Lipinski definition) is 0. The summed E-state index contributed by atoms with van der Waals surface area (Å²) < 4.78 is 0. The van der Waals surface area contributed by atoms with Gasteiger partial charge in [0.05, 0.1) is 21.2 Å². The van der Waals surface area contributed by atoms with Crippen molar-refractivity contribution < 1.29 is 4.79 Å². The second-order valence-electron chi connectivity index (χ2n) is 4.46. The average Bonchev–Trinajstić information content (AvgIpc) is 2.91. The van der Waals surface area contributed by atoms with E-state index in [4.69, 9.17) is 0 Å². The summed E-state index contributed by atoms with van der Waals surface area (Å²) in [7, 11) is 0. The fourth-order valence-corrected chi connectivity index (χ4v) is 3.58. The SMILES string of the molecule is Cc1ccc(C(=O)CSc2ccc3ccccc3n2)s1. The molecule has 0 amide bonds. The first-order chi connectivity index (χ1) is 9.72. The number of benzene rings is 1. The molecule has 0 bridgehead atoms. The number of carbonyl (C=O) groups is 1. The van der Waals surface area contributed by atoms with Crippen LogP contribution in [0.2, 0.25) is 0 Å². The molecule has 0 saturated carbocycles. The smallest absolute Gasteiger partial charge is 0.183 e. The molecule has 100 valence electrons. The van der Waals surface area contributed by atoms with Crippen molar-refractivity contribution >= 4 is 39.8 Å². The molecule has 2 aromatic heterocycles. The highest BCUT2D eigenvalue weighted by atomic mass is 32.2. The summed E-state index contributed by atoms with van der Waals surface area (Å²) in [6.07, 6.45) is 0. The van der Waals surface area contributed by atoms with Crippen molar-refractivity contribution in [3.05, 3.63) is 58.3 Å². The molecule has 4 heteroatoms. The molecule has 0 unspecified atom stereocenters. The van der Waals surface area contributed by atoms with E-state index in [1.807, 2.05) is 55.5 Å². The van der Waals surface area contributed by atoms with E-state index in [1.54, 1.807) is 11.3 Å². The maximum Gasteiger partial charge on any atom is 0.183 e. The fraction of sp³-hybridized carbons (Fsp3) is 0.125. The summed E-state index contributed by atoms with van der Waals surface area (Å²) in [6.45, 7) is 2.01. The van der Waals surface area contributed by atoms with Crippen molar-refractivity contribution in [1.82, 2.24) is 4.98 Å². The molecule has 0 spiro atoms. The van der Waals surface area contributed by atoms with Gasteiger partial charge in [-0.2, -0.15) is 0 Å². The normalized spacial score (nSPS) is 10.8. The quantitative estimate of drug-likeness (QED) is 0.522. The Morgan fingerprint density at radius 2 is 2.00 bits per heavy atom. The minimum atomic E-state index is 0.169. The van der Waals surface area contributed by atoms with Gasteiger partial charge in [-0.05, 0) is 31.2 Å². The number of thiophene rings is 1. The zero-order valence-electron chi connectivity index (χ0n) is 11.0. The Labute approximate surface area is 125 Å². The van der Waals surface area contributed by atoms with Crippen molar-refractivity contribution in [2.24, 2.45) is 0 Å². The van der Waals surface area contributed by atoms with Crippen LogP contribution in [0.4, 0.5) is 0 Å². The number of ketones is 1. The van der Waals surface area contributed by atoms with E-state index < -0.39 is 0 Å². The van der Waals surface area contributed by atoms with E-state index in [0.29, 0.717) is 5.75 Å². The van der Waals surface area contributed by atoms with Gasteiger partial charge in [0.2, 0.25) is 0 Å². The predicted molar refractivity (Wildman–Crippen MR) is 85.9 cm³/mol. The summed E-state index contributed by atoms with van der Waals surface area (Å²) in [5.74, 6) is 0.605. The maximum absolute atomic E-state index is 12.1. The van der Waals surface area contributed by atoms with Gasteiger partial charge in [0.15, 0.2) is 5.78 Å². The number of hydrogen-bond acceptors (Lipinski definition) is 4. The number of fused-ring (bicyclic) bond motifs is 1. The number of rotatable bonds is 4. The molecule has 2 nitrogen and oxygen atoms in total. The van der Waals surface area contributed by atoms with E-state index in [9.17, 15) is 4.79 Å². The average molecular weight is 299 g/mol. The molecule has 0 aliphatic rings. The zero-order valence-corrected chi connectivity index (χ0v) is 12.6. The highest BCUT2D eigenvalue weighted by Gasteiger charge is 2.09. The van der Waals surface area contributed by atoms with E-state index in [0.717, 1.165) is 20.8 Å². The summed E-state index contributed by atoms with van der Waals surface area (Å²) in [5.41, 5.74) is 0.969. The highest BCUT2D eigenvalue weighted by molar-refractivity contribution is 8.00. The van der Waals surface area contributed by atoms with Gasteiger partial charge < -0.3 is 0 Å². The summed E-state index contributed by atoms with van der Waals surface area (Å²) in [5, 5.41) is 2.02. The lowest BCUT2D eigenvalue weighted by Crippen LogP contribution is -1.99. The van der Waals surface area contributed by atoms with Crippen LogP contribution in [0, 0.1) is 6.92 Å². The Balaban J connectivity index is 1.72. The minimum absolute atomic E-state index is 0.169. The van der Waals surface area contributed by atoms with Crippen LogP contribution in [0.1, 0.15) is 14.5 Å². The van der Waals surface area contributed by atoms with Crippen LogP contribution < -0.4 is 0 Å². The number of para-hydroxylation sites is 1. The molecular formula is C16H13NOS2. The lowest BCUT2D eigenvalue weighted by atomic mass is 10.2. The molecule has 0 aliphatic carbocycles. The van der Waals surface area contributed by atoms with Crippen LogP contribution in [-0.4, -0.2) is 16.5 Å². The number of thioether (sulfide) groups is 1. The lowest BCUT2D eigenvalue weighted by molar-refractivity contribution is 0.102. The molecule has 2 heterocycles. The number of Topliss-reactive ketones (excluding diaryl/α,β-unsaturated/α-hetero) is 1. The number of carbonyl (C=O) groups excluding carboxylic acids is 1. The van der Waals surface area contributed by atoms with Crippen molar-refractivity contribution in [2.75, 3.05) is 5.75 Å². The van der Waals surface area contributed by atoms with Crippen LogP contribution in [0.25, 0.3) is 10.9 Å². The molecule has 20 heavy (non-hydrogen) atoms. The third-order valence-corrected chi connectivity index (χ3v) is 4.91. The molecule has 3 aromatic rings. The molecule has 3 rings (SSSR count). The maximum atomic E-state index is 12.1. The monoisotopic (exact) mass is 299 g/mol. The van der Waals surface area contributed by atoms with Crippen molar-refractivity contribution in [3.8, 4) is 0 Å². The van der Waals surface area contributed by atoms with Gasteiger partial charge in [-0.3, -0.25) is 4.79 Å². The van der Waals surface area contributed by atoms with Crippen LogP contribution >= 0.6 is 23.1 Å². The number of aromatic nitrogens is 1.